The van der Waals surface area contributed by atoms with Crippen LogP contribution < -0.4 is 5.73 Å². The molecule has 1 aliphatic rings. The molecule has 0 spiro atoms. The topological polar surface area (TPSA) is 26.0 Å². The fourth-order valence-electron chi connectivity index (χ4n) is 1.42. The summed E-state index contributed by atoms with van der Waals surface area (Å²) in [6.45, 7) is 2.23. The van der Waals surface area contributed by atoms with E-state index in [-0.39, 0.29) is 5.54 Å². The maximum absolute atomic E-state index is 6.12. The van der Waals surface area contributed by atoms with Gasteiger partial charge in [-0.25, -0.2) is 0 Å². The van der Waals surface area contributed by atoms with E-state index >= 15 is 0 Å². The molecule has 2 rings (SSSR count). The van der Waals surface area contributed by atoms with Crippen LogP contribution in [0.25, 0.3) is 0 Å². The van der Waals surface area contributed by atoms with Crippen molar-refractivity contribution in [1.82, 2.24) is 0 Å². The molecular formula is C9H12BrNS. The Morgan fingerprint density at radius 1 is 1.58 bits per heavy atom. The van der Waals surface area contributed by atoms with Crippen molar-refractivity contribution in [2.24, 2.45) is 5.73 Å². The van der Waals surface area contributed by atoms with Crippen molar-refractivity contribution in [3.8, 4) is 0 Å². The molecule has 1 heterocycles. The van der Waals surface area contributed by atoms with Gasteiger partial charge in [-0.2, -0.15) is 0 Å². The number of rotatable bonds is 2. The lowest BCUT2D eigenvalue weighted by Gasteiger charge is -2.16. The molecule has 1 aromatic rings. The van der Waals surface area contributed by atoms with Crippen molar-refractivity contribution >= 4 is 27.3 Å². The third-order valence-corrected chi connectivity index (χ3v) is 4.52. The summed E-state index contributed by atoms with van der Waals surface area (Å²) >= 11 is 5.26. The van der Waals surface area contributed by atoms with Crippen LogP contribution in [0.4, 0.5) is 0 Å². The number of thiophene rings is 1. The molecule has 0 bridgehead atoms. The number of hydrogen-bond donors (Lipinski definition) is 1. The van der Waals surface area contributed by atoms with Crippen LogP contribution >= 0.6 is 27.3 Å². The Morgan fingerprint density at radius 2 is 2.25 bits per heavy atom. The van der Waals surface area contributed by atoms with Crippen LogP contribution in [0.3, 0.4) is 0 Å². The molecule has 1 nitrogen and oxygen atoms in total. The lowest BCUT2D eigenvalue weighted by Crippen LogP contribution is -2.28. The number of halogens is 1. The summed E-state index contributed by atoms with van der Waals surface area (Å²) in [7, 11) is 0. The fraction of sp³-hybridized carbons (Fsp3) is 0.556. The van der Waals surface area contributed by atoms with E-state index in [1.165, 1.54) is 21.5 Å². The zero-order valence-electron chi connectivity index (χ0n) is 7.01. The van der Waals surface area contributed by atoms with Crippen LogP contribution in [0.1, 0.15) is 30.6 Å². The molecule has 1 saturated carbocycles. The molecule has 1 unspecified atom stereocenters. The molecule has 2 N–H and O–H groups in total. The smallest absolute Gasteiger partial charge is 0.0701 e. The van der Waals surface area contributed by atoms with Gasteiger partial charge in [-0.05, 0) is 40.9 Å². The van der Waals surface area contributed by atoms with Gasteiger partial charge in [0.05, 0.1) is 3.79 Å². The van der Waals surface area contributed by atoms with E-state index in [1.54, 1.807) is 11.3 Å². The maximum atomic E-state index is 6.12. The van der Waals surface area contributed by atoms with Gasteiger partial charge in [-0.3, -0.25) is 0 Å². The zero-order chi connectivity index (χ0) is 8.77. The average Bonchev–Trinajstić information content (AvgIpc) is 2.62. The molecule has 0 amide bonds. The van der Waals surface area contributed by atoms with Crippen molar-refractivity contribution in [2.45, 2.75) is 31.2 Å². The van der Waals surface area contributed by atoms with Crippen molar-refractivity contribution in [1.29, 1.82) is 0 Å². The second kappa shape index (κ2) is 2.82. The van der Waals surface area contributed by atoms with E-state index < -0.39 is 0 Å². The monoisotopic (exact) mass is 245 g/mol. The predicted molar refractivity (Wildman–Crippen MR) is 56.6 cm³/mol. The van der Waals surface area contributed by atoms with E-state index in [0.29, 0.717) is 5.92 Å². The van der Waals surface area contributed by atoms with Gasteiger partial charge in [0.2, 0.25) is 0 Å². The normalized spacial score (nSPS) is 22.2. The first-order valence-corrected chi connectivity index (χ1v) is 5.77. The summed E-state index contributed by atoms with van der Waals surface area (Å²) in [5, 5.41) is 0. The van der Waals surface area contributed by atoms with Crippen LogP contribution in [-0.2, 0) is 0 Å². The highest BCUT2D eigenvalue weighted by atomic mass is 79.9. The molecule has 66 valence electrons. The summed E-state index contributed by atoms with van der Waals surface area (Å²) in [6, 6.07) is 4.27. The lowest BCUT2D eigenvalue weighted by atomic mass is 9.99. The SMILES string of the molecule is CC(c1ccc(Br)s1)C1(N)CC1. The van der Waals surface area contributed by atoms with Crippen LogP contribution in [-0.4, -0.2) is 5.54 Å². The first-order valence-electron chi connectivity index (χ1n) is 4.16. The van der Waals surface area contributed by atoms with Crippen molar-refractivity contribution in [2.75, 3.05) is 0 Å². The molecule has 0 radical (unpaired) electrons. The van der Waals surface area contributed by atoms with Gasteiger partial charge in [0, 0.05) is 16.3 Å². The van der Waals surface area contributed by atoms with Crippen molar-refractivity contribution in [3.63, 3.8) is 0 Å². The van der Waals surface area contributed by atoms with E-state index in [1.807, 2.05) is 0 Å². The van der Waals surface area contributed by atoms with Crippen LogP contribution in [0, 0.1) is 0 Å². The van der Waals surface area contributed by atoms with Crippen molar-refractivity contribution in [3.05, 3.63) is 20.8 Å². The quantitative estimate of drug-likeness (QED) is 0.852. The average molecular weight is 246 g/mol. The van der Waals surface area contributed by atoms with E-state index in [4.69, 9.17) is 5.73 Å². The predicted octanol–water partition coefficient (Wildman–Crippen LogP) is 3.11. The van der Waals surface area contributed by atoms with Gasteiger partial charge in [-0.15, -0.1) is 11.3 Å². The van der Waals surface area contributed by atoms with Crippen LogP contribution in [0.5, 0.6) is 0 Å². The molecule has 1 fully saturated rings. The van der Waals surface area contributed by atoms with Crippen molar-refractivity contribution < 1.29 is 0 Å². The molecule has 1 aliphatic carbocycles. The van der Waals surface area contributed by atoms with E-state index in [9.17, 15) is 0 Å². The minimum atomic E-state index is 0.115. The van der Waals surface area contributed by atoms with Gasteiger partial charge in [0.1, 0.15) is 0 Å². The Morgan fingerprint density at radius 3 is 2.67 bits per heavy atom. The first kappa shape index (κ1) is 8.73. The fourth-order valence-corrected chi connectivity index (χ4v) is 3.02. The van der Waals surface area contributed by atoms with E-state index in [0.717, 1.165) is 0 Å². The highest BCUT2D eigenvalue weighted by Gasteiger charge is 2.44. The summed E-state index contributed by atoms with van der Waals surface area (Å²) in [5.74, 6) is 0.522. The summed E-state index contributed by atoms with van der Waals surface area (Å²) in [4.78, 5) is 1.40. The number of hydrogen-bond acceptors (Lipinski definition) is 2. The third kappa shape index (κ3) is 1.45. The van der Waals surface area contributed by atoms with E-state index in [2.05, 4.69) is 35.0 Å². The van der Waals surface area contributed by atoms with Crippen LogP contribution in [0.2, 0.25) is 0 Å². The van der Waals surface area contributed by atoms with Gasteiger partial charge in [0.25, 0.3) is 0 Å². The maximum Gasteiger partial charge on any atom is 0.0701 e. The Kier molecular flexibility index (Phi) is 2.05. The Labute approximate surface area is 85.1 Å². The zero-order valence-corrected chi connectivity index (χ0v) is 9.41. The standard InChI is InChI=1S/C9H12BrNS/c1-6(9(11)4-5-9)7-2-3-8(10)12-7/h2-3,6H,4-5,11H2,1H3. The van der Waals surface area contributed by atoms with Gasteiger partial charge < -0.3 is 5.73 Å². The molecule has 0 aromatic carbocycles. The lowest BCUT2D eigenvalue weighted by molar-refractivity contribution is 0.565. The largest absolute Gasteiger partial charge is 0.325 e. The molecule has 12 heavy (non-hydrogen) atoms. The Hall–Kier alpha value is 0.140. The molecule has 0 saturated heterocycles. The van der Waals surface area contributed by atoms with Gasteiger partial charge in [-0.1, -0.05) is 6.92 Å². The van der Waals surface area contributed by atoms with Gasteiger partial charge in [0.15, 0.2) is 0 Å². The highest BCUT2D eigenvalue weighted by molar-refractivity contribution is 9.11. The summed E-state index contributed by atoms with van der Waals surface area (Å²) < 4.78 is 1.20. The molecular weight excluding hydrogens is 234 g/mol. The van der Waals surface area contributed by atoms with Crippen LogP contribution in [0.15, 0.2) is 15.9 Å². The molecule has 3 heteroatoms. The first-order chi connectivity index (χ1) is 5.62. The Balaban J connectivity index is 2.19. The molecule has 1 aromatic heterocycles. The highest BCUT2D eigenvalue weighted by Crippen LogP contribution is 2.46. The minimum absolute atomic E-state index is 0.115. The Bertz CT molecular complexity index is 290. The number of nitrogens with two attached hydrogens (primary N) is 1. The minimum Gasteiger partial charge on any atom is -0.325 e. The molecule has 1 atom stereocenters. The van der Waals surface area contributed by atoms with Gasteiger partial charge >= 0.3 is 0 Å². The summed E-state index contributed by atoms with van der Waals surface area (Å²) in [5.41, 5.74) is 6.24. The third-order valence-electron chi connectivity index (χ3n) is 2.71. The second-order valence-corrected chi connectivity index (χ2v) is 6.09. The second-order valence-electron chi connectivity index (χ2n) is 3.60. The summed E-state index contributed by atoms with van der Waals surface area (Å²) in [6.07, 6.45) is 2.37. The molecule has 0 aliphatic heterocycles.